The molecule has 28 heavy (non-hydrogen) atoms. The van der Waals surface area contributed by atoms with Gasteiger partial charge in [-0.1, -0.05) is 35.8 Å². The summed E-state index contributed by atoms with van der Waals surface area (Å²) < 4.78 is 7.98. The molecule has 2 aromatic carbocycles. The zero-order valence-corrected chi connectivity index (χ0v) is 17.6. The number of aromatic nitrogens is 3. The number of para-hydroxylation sites is 1. The Bertz CT molecular complexity index is 1210. The molecule has 3 heterocycles. The Morgan fingerprint density at radius 1 is 0.786 bits per heavy atom. The average Bonchev–Trinajstić information content (AvgIpc) is 3.10. The van der Waals surface area contributed by atoms with Crippen LogP contribution in [0.5, 0.6) is 11.6 Å². The first-order valence-corrected chi connectivity index (χ1v) is 11.3. The van der Waals surface area contributed by atoms with Crippen LogP contribution in [0, 0.1) is 6.07 Å². The van der Waals surface area contributed by atoms with Crippen molar-refractivity contribution in [3.63, 3.8) is 0 Å². The van der Waals surface area contributed by atoms with E-state index in [0.717, 1.165) is 27.6 Å². The minimum Gasteiger partial charge on any atom is -0.466 e. The SMILES string of the molecule is [Cl][Pt+].[c-]1c(Oc2ccccn2)ccc2c3ccccc3n(-c3ccccn3)c12. The van der Waals surface area contributed by atoms with Crippen LogP contribution in [0.15, 0.2) is 85.2 Å². The van der Waals surface area contributed by atoms with Crippen LogP contribution in [-0.4, -0.2) is 14.5 Å². The van der Waals surface area contributed by atoms with Crippen LogP contribution in [-0.2, 0) is 18.8 Å². The fourth-order valence-electron chi connectivity index (χ4n) is 3.18. The van der Waals surface area contributed by atoms with Gasteiger partial charge in [-0.15, -0.1) is 17.5 Å². The van der Waals surface area contributed by atoms with Gasteiger partial charge in [0.25, 0.3) is 0 Å². The van der Waals surface area contributed by atoms with Crippen LogP contribution in [0.2, 0.25) is 0 Å². The smallest absolute Gasteiger partial charge is 0.216 e. The van der Waals surface area contributed by atoms with Crippen molar-refractivity contribution in [1.29, 1.82) is 0 Å². The van der Waals surface area contributed by atoms with Crippen molar-refractivity contribution in [2.45, 2.75) is 0 Å². The first-order valence-electron chi connectivity index (χ1n) is 8.48. The van der Waals surface area contributed by atoms with E-state index in [1.807, 2.05) is 54.6 Å². The Kier molecular flexibility index (Phi) is 5.70. The normalized spacial score (nSPS) is 10.5. The molecule has 0 saturated carbocycles. The Labute approximate surface area is 177 Å². The maximum atomic E-state index is 5.87. The second kappa shape index (κ2) is 8.55. The molecule has 0 aliphatic carbocycles. The molecule has 0 aliphatic heterocycles. The summed E-state index contributed by atoms with van der Waals surface area (Å²) in [6.45, 7) is 0. The quantitative estimate of drug-likeness (QED) is 0.257. The predicted molar refractivity (Wildman–Crippen MR) is 108 cm³/mol. The molecule has 3 aromatic heterocycles. The third kappa shape index (κ3) is 3.54. The Morgan fingerprint density at radius 3 is 2.29 bits per heavy atom. The molecule has 0 saturated heterocycles. The Hall–Kier alpha value is -2.68. The Balaban J connectivity index is 0.000000932. The van der Waals surface area contributed by atoms with Gasteiger partial charge in [0.05, 0.1) is 0 Å². The number of fused-ring (bicyclic) bond motifs is 3. The van der Waals surface area contributed by atoms with Crippen LogP contribution in [0.1, 0.15) is 0 Å². The van der Waals surface area contributed by atoms with Crippen molar-refractivity contribution in [3.05, 3.63) is 91.3 Å². The van der Waals surface area contributed by atoms with E-state index >= 15 is 0 Å². The largest absolute Gasteiger partial charge is 0.466 e. The van der Waals surface area contributed by atoms with Gasteiger partial charge >= 0.3 is 28.2 Å². The molecule has 5 aromatic rings. The van der Waals surface area contributed by atoms with E-state index < -0.39 is 0 Å². The molecule has 0 spiro atoms. The minimum absolute atomic E-state index is 0.545. The number of nitrogens with zero attached hydrogens (tertiary/aromatic N) is 3. The van der Waals surface area contributed by atoms with Crippen molar-refractivity contribution < 1.29 is 23.5 Å². The summed E-state index contributed by atoms with van der Waals surface area (Å²) in [5, 5.41) is 2.27. The summed E-state index contributed by atoms with van der Waals surface area (Å²) in [6.07, 6.45) is 3.50. The summed E-state index contributed by atoms with van der Waals surface area (Å²) >= 11 is 1.61. The van der Waals surface area contributed by atoms with E-state index in [4.69, 9.17) is 4.74 Å². The molecular formula is C22H14ClN3OPt. The van der Waals surface area contributed by atoms with Gasteiger partial charge in [-0.2, -0.15) is 6.07 Å². The van der Waals surface area contributed by atoms with E-state index in [1.54, 1.807) is 31.2 Å². The number of pyridine rings is 2. The van der Waals surface area contributed by atoms with E-state index in [-0.39, 0.29) is 0 Å². The second-order valence-corrected chi connectivity index (χ2v) is 5.90. The molecule has 0 atom stereocenters. The zero-order chi connectivity index (χ0) is 19.3. The zero-order valence-electron chi connectivity index (χ0n) is 14.5. The van der Waals surface area contributed by atoms with Crippen molar-refractivity contribution in [2.24, 2.45) is 0 Å². The van der Waals surface area contributed by atoms with Crippen LogP contribution in [0.3, 0.4) is 0 Å². The summed E-state index contributed by atoms with van der Waals surface area (Å²) in [5.41, 5.74) is 2.02. The van der Waals surface area contributed by atoms with Gasteiger partial charge in [-0.3, -0.25) is 0 Å². The van der Waals surface area contributed by atoms with Gasteiger partial charge in [0.1, 0.15) is 5.82 Å². The summed E-state index contributed by atoms with van der Waals surface area (Å²) in [5.74, 6) is 2.02. The molecule has 0 fully saturated rings. The number of hydrogen-bond donors (Lipinski definition) is 0. The minimum atomic E-state index is 0.545. The number of hydrogen-bond acceptors (Lipinski definition) is 3. The average molecular weight is 567 g/mol. The van der Waals surface area contributed by atoms with E-state index in [0.29, 0.717) is 11.6 Å². The molecule has 0 amide bonds. The third-order valence-corrected chi connectivity index (χ3v) is 4.29. The fraction of sp³-hybridized carbons (Fsp3) is 0. The van der Waals surface area contributed by atoms with Crippen LogP contribution >= 0.6 is 9.42 Å². The van der Waals surface area contributed by atoms with E-state index in [2.05, 4.69) is 48.2 Å². The van der Waals surface area contributed by atoms with Crippen molar-refractivity contribution in [2.75, 3.05) is 0 Å². The van der Waals surface area contributed by atoms with Crippen molar-refractivity contribution >= 4 is 31.2 Å². The standard InChI is InChI=1S/C22H14N3O.ClH.Pt/c1-2-8-19-17(7-1)18-12-11-16(26-22-10-4-6-14-24-22)15-20(18)25(19)21-9-3-5-13-23-21;;/h1-14H;1H;/q-1;;+2/p-1. The molecule has 5 rings (SSSR count). The van der Waals surface area contributed by atoms with Crippen LogP contribution in [0.25, 0.3) is 27.6 Å². The summed E-state index contributed by atoms with van der Waals surface area (Å²) in [7, 11) is 4.61. The molecule has 140 valence electrons. The first kappa shape index (κ1) is 18.7. The topological polar surface area (TPSA) is 39.9 Å². The molecule has 0 unspecified atom stereocenters. The fourth-order valence-corrected chi connectivity index (χ4v) is 3.18. The maximum absolute atomic E-state index is 5.87. The summed E-state index contributed by atoms with van der Waals surface area (Å²) in [6, 6.07) is 27.1. The van der Waals surface area contributed by atoms with Gasteiger partial charge in [-0.25, -0.2) is 9.97 Å². The van der Waals surface area contributed by atoms with E-state index in [1.165, 1.54) is 0 Å². The first-order chi connectivity index (χ1) is 13.9. The van der Waals surface area contributed by atoms with Gasteiger partial charge in [0.15, 0.2) is 0 Å². The summed E-state index contributed by atoms with van der Waals surface area (Å²) in [4.78, 5) is 8.74. The van der Waals surface area contributed by atoms with Crippen molar-refractivity contribution in [3.8, 4) is 17.4 Å². The number of halogens is 1. The van der Waals surface area contributed by atoms with Crippen LogP contribution < -0.4 is 4.74 Å². The number of ether oxygens (including phenoxy) is 1. The molecular weight excluding hydrogens is 553 g/mol. The van der Waals surface area contributed by atoms with Gasteiger partial charge in [0.2, 0.25) is 5.88 Å². The molecule has 0 aliphatic rings. The maximum Gasteiger partial charge on any atom is 0.216 e. The second-order valence-electron chi connectivity index (χ2n) is 5.90. The van der Waals surface area contributed by atoms with Gasteiger partial charge < -0.3 is 9.30 Å². The number of rotatable bonds is 3. The third-order valence-electron chi connectivity index (χ3n) is 4.29. The monoisotopic (exact) mass is 566 g/mol. The van der Waals surface area contributed by atoms with Gasteiger partial charge in [-0.05, 0) is 29.7 Å². The number of benzene rings is 2. The molecule has 4 nitrogen and oxygen atoms in total. The molecule has 0 radical (unpaired) electrons. The molecule has 6 heteroatoms. The van der Waals surface area contributed by atoms with E-state index in [9.17, 15) is 0 Å². The molecule has 0 N–H and O–H groups in total. The Morgan fingerprint density at radius 2 is 1.54 bits per heavy atom. The van der Waals surface area contributed by atoms with Crippen LogP contribution in [0.4, 0.5) is 0 Å². The van der Waals surface area contributed by atoms with Gasteiger partial charge in [0, 0.05) is 29.7 Å². The van der Waals surface area contributed by atoms with Crippen molar-refractivity contribution in [1.82, 2.24) is 14.5 Å². The molecule has 0 bridgehead atoms. The predicted octanol–water partition coefficient (Wildman–Crippen LogP) is 5.85.